The van der Waals surface area contributed by atoms with Gasteiger partial charge in [-0.1, -0.05) is 0 Å². The summed E-state index contributed by atoms with van der Waals surface area (Å²) >= 11 is 9.57. The molecule has 0 saturated heterocycles. The zero-order valence-electron chi connectivity index (χ0n) is 13.3. The van der Waals surface area contributed by atoms with Crippen LogP contribution < -0.4 is 14.9 Å². The number of rotatable bonds is 6. The van der Waals surface area contributed by atoms with Gasteiger partial charge >= 0.3 is 0 Å². The van der Waals surface area contributed by atoms with Crippen LogP contribution in [0.5, 0.6) is 23.0 Å². The summed E-state index contributed by atoms with van der Waals surface area (Å²) in [7, 11) is 1.55. The Morgan fingerprint density at radius 1 is 1.19 bits per heavy atom. The third-order valence-corrected chi connectivity index (χ3v) is 5.14. The molecule has 7 nitrogen and oxygen atoms in total. The average Bonchev–Trinajstić information content (AvgIpc) is 2.63. The fourth-order valence-electron chi connectivity index (χ4n) is 1.79. The van der Waals surface area contributed by atoms with Crippen molar-refractivity contribution in [1.82, 2.24) is 5.43 Å². The number of methoxy groups -OCH3 is 1. The molecule has 2 rings (SSSR count). The Morgan fingerprint density at radius 2 is 1.92 bits per heavy atom. The van der Waals surface area contributed by atoms with E-state index in [-0.39, 0.29) is 22.6 Å². The lowest BCUT2D eigenvalue weighted by Gasteiger charge is -2.08. The van der Waals surface area contributed by atoms with Gasteiger partial charge in [-0.2, -0.15) is 5.10 Å². The van der Waals surface area contributed by atoms with Gasteiger partial charge in [0.15, 0.2) is 18.1 Å². The molecule has 26 heavy (non-hydrogen) atoms. The van der Waals surface area contributed by atoms with Crippen molar-refractivity contribution in [2.75, 3.05) is 13.7 Å². The molecule has 2 aromatic carbocycles. The van der Waals surface area contributed by atoms with Crippen LogP contribution in [-0.2, 0) is 4.79 Å². The third-order valence-electron chi connectivity index (χ3n) is 3.08. The summed E-state index contributed by atoms with van der Waals surface area (Å²) in [6.45, 7) is -0.242. The van der Waals surface area contributed by atoms with Gasteiger partial charge in [-0.25, -0.2) is 5.43 Å². The van der Waals surface area contributed by atoms with Crippen LogP contribution in [0.2, 0.25) is 0 Å². The lowest BCUT2D eigenvalue weighted by Crippen LogP contribution is -2.24. The monoisotopic (exact) mass is 550 g/mol. The Kier molecular flexibility index (Phi) is 7.30. The number of benzene rings is 2. The lowest BCUT2D eigenvalue weighted by molar-refractivity contribution is -0.123. The Hall–Kier alpha value is -1.78. The molecule has 3 N–H and O–H groups in total. The van der Waals surface area contributed by atoms with Crippen molar-refractivity contribution < 1.29 is 24.5 Å². The predicted molar refractivity (Wildman–Crippen MR) is 107 cm³/mol. The molecule has 0 aromatic heterocycles. The number of hydrogen-bond acceptors (Lipinski definition) is 6. The van der Waals surface area contributed by atoms with Gasteiger partial charge in [0.25, 0.3) is 5.91 Å². The van der Waals surface area contributed by atoms with Crippen LogP contribution in [0.15, 0.2) is 42.8 Å². The van der Waals surface area contributed by atoms with Gasteiger partial charge in [-0.05, 0) is 72.1 Å². The maximum Gasteiger partial charge on any atom is 0.277 e. The largest absolute Gasteiger partial charge is 0.503 e. The zero-order valence-corrected chi connectivity index (χ0v) is 18.1. The molecule has 138 valence electrons. The highest BCUT2D eigenvalue weighted by molar-refractivity contribution is 9.11. The number of aromatic hydroxyl groups is 2. The molecule has 0 heterocycles. The second-order valence-corrected chi connectivity index (χ2v) is 7.34. The minimum Gasteiger partial charge on any atom is -0.503 e. The van der Waals surface area contributed by atoms with Crippen LogP contribution in [0.3, 0.4) is 0 Å². The topological polar surface area (TPSA) is 100 Å². The van der Waals surface area contributed by atoms with Crippen molar-refractivity contribution in [3.8, 4) is 23.0 Å². The Balaban J connectivity index is 1.94. The number of halogens is 3. The quantitative estimate of drug-likeness (QED) is 0.286. The first-order chi connectivity index (χ1) is 12.3. The number of amides is 1. The van der Waals surface area contributed by atoms with Crippen molar-refractivity contribution in [3.63, 3.8) is 0 Å². The molecule has 0 aliphatic rings. The Bertz CT molecular complexity index is 858. The first-order valence-corrected chi connectivity index (χ1v) is 9.39. The Morgan fingerprint density at radius 3 is 2.58 bits per heavy atom. The maximum absolute atomic E-state index is 11.8. The molecule has 0 aliphatic carbocycles. The predicted octanol–water partition coefficient (Wildman–Crippen LogP) is 3.92. The number of phenolic OH excluding ortho intramolecular Hbond substituents is 2. The first kappa shape index (κ1) is 20.5. The summed E-state index contributed by atoms with van der Waals surface area (Å²) in [6.07, 6.45) is 1.31. The SMILES string of the molecule is COc1ccc(OCC(=O)N/N=C\c2cc(Br)c(O)c(O)c2Br)c(Br)c1. The highest BCUT2D eigenvalue weighted by Crippen LogP contribution is 2.40. The van der Waals surface area contributed by atoms with Crippen molar-refractivity contribution in [1.29, 1.82) is 0 Å². The number of carbonyl (C=O) groups is 1. The summed E-state index contributed by atoms with van der Waals surface area (Å²) in [6, 6.07) is 6.63. The van der Waals surface area contributed by atoms with E-state index in [0.717, 1.165) is 0 Å². The molecule has 0 saturated carbocycles. The molecule has 10 heteroatoms. The van der Waals surface area contributed by atoms with Crippen LogP contribution in [0.1, 0.15) is 5.56 Å². The number of carbonyl (C=O) groups excluding carboxylic acids is 1. The van der Waals surface area contributed by atoms with E-state index in [1.165, 1.54) is 12.3 Å². The summed E-state index contributed by atoms with van der Waals surface area (Å²) in [5, 5.41) is 23.1. The van der Waals surface area contributed by atoms with Crippen LogP contribution in [0.4, 0.5) is 0 Å². The van der Waals surface area contributed by atoms with Gasteiger partial charge in [-0.3, -0.25) is 4.79 Å². The fraction of sp³-hybridized carbons (Fsp3) is 0.125. The highest BCUT2D eigenvalue weighted by Gasteiger charge is 2.13. The molecular weight excluding hydrogens is 540 g/mol. The van der Waals surface area contributed by atoms with E-state index in [1.807, 2.05) is 0 Å². The molecule has 0 bridgehead atoms. The molecule has 0 fully saturated rings. The van der Waals surface area contributed by atoms with Crippen molar-refractivity contribution >= 4 is 59.9 Å². The Labute approximate surface area is 174 Å². The number of nitrogens with zero attached hydrogens (tertiary/aromatic N) is 1. The summed E-state index contributed by atoms with van der Waals surface area (Å²) in [4.78, 5) is 11.8. The van der Waals surface area contributed by atoms with Crippen LogP contribution in [0.25, 0.3) is 0 Å². The minimum atomic E-state index is -0.470. The summed E-state index contributed by atoms with van der Waals surface area (Å²) in [5.74, 6) is 0.0470. The first-order valence-electron chi connectivity index (χ1n) is 7.01. The van der Waals surface area contributed by atoms with Gasteiger partial charge in [0.2, 0.25) is 0 Å². The fourth-order valence-corrected chi connectivity index (χ4v) is 3.10. The highest BCUT2D eigenvalue weighted by atomic mass is 79.9. The molecular formula is C16H13Br3N2O5. The third kappa shape index (κ3) is 5.12. The second-order valence-electron chi connectivity index (χ2n) is 4.84. The van der Waals surface area contributed by atoms with E-state index in [2.05, 4.69) is 58.3 Å². The molecule has 1 amide bonds. The van der Waals surface area contributed by atoms with Gasteiger partial charge in [0, 0.05) is 5.56 Å². The second kappa shape index (κ2) is 9.24. The van der Waals surface area contributed by atoms with E-state index < -0.39 is 5.91 Å². The van der Waals surface area contributed by atoms with E-state index in [1.54, 1.807) is 25.3 Å². The van der Waals surface area contributed by atoms with Gasteiger partial charge < -0.3 is 19.7 Å². The van der Waals surface area contributed by atoms with Crippen LogP contribution >= 0.6 is 47.8 Å². The van der Waals surface area contributed by atoms with Crippen molar-refractivity contribution in [3.05, 3.63) is 43.2 Å². The normalized spacial score (nSPS) is 10.8. The molecule has 0 radical (unpaired) electrons. The molecule has 0 atom stereocenters. The molecule has 0 aliphatic heterocycles. The average molecular weight is 553 g/mol. The van der Waals surface area contributed by atoms with E-state index >= 15 is 0 Å². The minimum absolute atomic E-state index is 0.242. The molecule has 2 aromatic rings. The van der Waals surface area contributed by atoms with Crippen LogP contribution in [-0.4, -0.2) is 36.1 Å². The lowest BCUT2D eigenvalue weighted by atomic mass is 10.2. The molecule has 0 spiro atoms. The summed E-state index contributed by atoms with van der Waals surface area (Å²) < 4.78 is 11.7. The molecule has 0 unspecified atom stereocenters. The van der Waals surface area contributed by atoms with Crippen molar-refractivity contribution in [2.24, 2.45) is 5.10 Å². The van der Waals surface area contributed by atoms with Gasteiger partial charge in [0.05, 0.1) is 26.7 Å². The smallest absolute Gasteiger partial charge is 0.277 e. The number of hydrazone groups is 1. The number of phenols is 2. The number of ether oxygens (including phenoxy) is 2. The van der Waals surface area contributed by atoms with E-state index in [0.29, 0.717) is 26.0 Å². The number of hydrogen-bond donors (Lipinski definition) is 3. The number of nitrogens with one attached hydrogen (secondary N) is 1. The van der Waals surface area contributed by atoms with Gasteiger partial charge in [0.1, 0.15) is 11.5 Å². The summed E-state index contributed by atoms with van der Waals surface area (Å²) in [5.41, 5.74) is 2.76. The van der Waals surface area contributed by atoms with Crippen LogP contribution in [0, 0.1) is 0 Å². The standard InChI is InChI=1S/C16H13Br3N2O5/c1-25-9-2-3-12(10(17)5-9)26-7-13(22)21-20-6-8-4-11(18)15(23)16(24)14(8)19/h2-6,23-24H,7H2,1H3,(H,21,22)/b20-6-. The van der Waals surface area contributed by atoms with E-state index in [4.69, 9.17) is 9.47 Å². The zero-order chi connectivity index (χ0) is 19.3. The van der Waals surface area contributed by atoms with Crippen molar-refractivity contribution in [2.45, 2.75) is 0 Å². The van der Waals surface area contributed by atoms with Gasteiger partial charge in [-0.15, -0.1) is 0 Å². The maximum atomic E-state index is 11.8. The van der Waals surface area contributed by atoms with E-state index in [9.17, 15) is 15.0 Å².